The molecule has 245 valence electrons. The van der Waals surface area contributed by atoms with E-state index >= 15 is 0 Å². The molecule has 3 heterocycles. The fourth-order valence-corrected chi connectivity index (χ4v) is 6.18. The molecule has 1 aliphatic heterocycles. The van der Waals surface area contributed by atoms with Crippen LogP contribution >= 0.6 is 11.5 Å². The smallest absolute Gasteiger partial charge is 0.164 e. The van der Waals surface area contributed by atoms with Crippen molar-refractivity contribution in [2.24, 2.45) is 10.8 Å². The first-order valence-corrected chi connectivity index (χ1v) is 16.5. The number of rotatable bonds is 8. The molecule has 1 unspecified atom stereocenters. The van der Waals surface area contributed by atoms with Crippen LogP contribution in [-0.2, 0) is 30.3 Å². The Morgan fingerprint density at radius 2 is 1.69 bits per heavy atom. The van der Waals surface area contributed by atoms with Gasteiger partial charge in [0, 0.05) is 42.4 Å². The summed E-state index contributed by atoms with van der Waals surface area (Å²) in [6.07, 6.45) is 8.61. The van der Waals surface area contributed by atoms with Gasteiger partial charge in [-0.3, -0.25) is 4.79 Å². The second-order valence-electron chi connectivity index (χ2n) is 13.3. The molecule has 0 spiro atoms. The van der Waals surface area contributed by atoms with Crippen LogP contribution in [-0.4, -0.2) is 19.7 Å². The summed E-state index contributed by atoms with van der Waals surface area (Å²) in [5.41, 5.74) is 4.29. The molecule has 0 saturated carbocycles. The van der Waals surface area contributed by atoms with Crippen molar-refractivity contribution in [3.63, 3.8) is 0 Å². The van der Waals surface area contributed by atoms with Crippen molar-refractivity contribution in [1.29, 1.82) is 0 Å². The summed E-state index contributed by atoms with van der Waals surface area (Å²) in [4.78, 5) is 17.0. The van der Waals surface area contributed by atoms with E-state index in [0.717, 1.165) is 64.6 Å². The van der Waals surface area contributed by atoms with Crippen LogP contribution in [0.1, 0.15) is 117 Å². The zero-order valence-corrected chi connectivity index (χ0v) is 31.1. The monoisotopic (exact) mass is 808 g/mol. The van der Waals surface area contributed by atoms with Crippen molar-refractivity contribution in [3.8, 4) is 0 Å². The number of aliphatic hydroxyl groups excluding tert-OH is 1. The van der Waals surface area contributed by atoms with Gasteiger partial charge in [0.25, 0.3) is 0 Å². The maximum absolute atomic E-state index is 13.9. The van der Waals surface area contributed by atoms with Crippen LogP contribution in [0.2, 0.25) is 0 Å². The molecule has 5 nitrogen and oxygen atoms in total. The first-order valence-electron chi connectivity index (χ1n) is 15.7. The van der Waals surface area contributed by atoms with Gasteiger partial charge in [-0.2, -0.15) is 6.20 Å². The van der Waals surface area contributed by atoms with Crippen molar-refractivity contribution in [2.75, 3.05) is 0 Å². The minimum atomic E-state index is -0.337. The fraction of sp³-hybridized carbons (Fsp3) is 0.459. The van der Waals surface area contributed by atoms with E-state index in [2.05, 4.69) is 36.7 Å². The molecule has 1 aliphatic rings. The molecular formula is C37H46FIrN3O2S-2. The van der Waals surface area contributed by atoms with E-state index in [4.69, 9.17) is 10.3 Å². The summed E-state index contributed by atoms with van der Waals surface area (Å²) in [5, 5.41) is 18.7. The molecule has 5 rings (SSSR count). The Kier molecular flexibility index (Phi) is 11.7. The predicted molar refractivity (Wildman–Crippen MR) is 182 cm³/mol. The quantitative estimate of drug-likeness (QED) is 0.110. The molecule has 0 bridgehead atoms. The number of allylic oxidation sites excluding steroid dienone is 2. The van der Waals surface area contributed by atoms with Crippen molar-refractivity contribution < 1.29 is 34.4 Å². The van der Waals surface area contributed by atoms with Crippen LogP contribution < -0.4 is 0 Å². The average Bonchev–Trinajstić information content (AvgIpc) is 3.61. The zero-order chi connectivity index (χ0) is 32.4. The molecule has 0 amide bonds. The Hall–Kier alpha value is -2.80. The third-order valence-corrected chi connectivity index (χ3v) is 10.4. The van der Waals surface area contributed by atoms with Gasteiger partial charge in [0.05, 0.1) is 11.4 Å². The van der Waals surface area contributed by atoms with Crippen LogP contribution in [0.3, 0.4) is 0 Å². The minimum absolute atomic E-state index is 0. The number of ketones is 1. The van der Waals surface area contributed by atoms with Gasteiger partial charge in [0.2, 0.25) is 0 Å². The van der Waals surface area contributed by atoms with Gasteiger partial charge in [-0.15, -0.1) is 40.1 Å². The summed E-state index contributed by atoms with van der Waals surface area (Å²) in [6.45, 7) is 18.5. The van der Waals surface area contributed by atoms with E-state index in [1.54, 1.807) is 23.7 Å². The predicted octanol–water partition coefficient (Wildman–Crippen LogP) is 10.9. The fourth-order valence-electron chi connectivity index (χ4n) is 5.40. The van der Waals surface area contributed by atoms with Gasteiger partial charge in [-0.05, 0) is 37.2 Å². The minimum Gasteiger partial charge on any atom is -0.681 e. The first kappa shape index (κ1) is 36.7. The molecule has 1 N–H and O–H groups in total. The number of hydrogen-bond acceptors (Lipinski definition) is 4. The molecule has 0 saturated heterocycles. The SMILES string of the molecule is CC(C)(C)c1cc(C2[N-]C=Cc3c2nc2ccsn32)[c-]c2ccc(F)cc12.CCC(C)(CC)C(=O)/C=C(\O)C(C)(CC)CC.[Ir]. The molecule has 0 fully saturated rings. The number of imidazole rings is 1. The topological polar surface area (TPSA) is 68.7 Å². The standard InChI is InChI=1S/C22H18FN3S.C15H28O2.Ir/c1-22(2,3)17-11-14(10-13-4-5-15(23)12-16(13)17)20-21-18(6-8-24-20)26-19(25-21)7-9-27-26;1-7-14(5,8-2)12(16)11-13(17)15(6,9-3)10-4;/h4-9,11-12,20H,1-3H3;11,16H,7-10H2,1-6H3;/q-2;;/b;12-11-;. The van der Waals surface area contributed by atoms with Gasteiger partial charge < -0.3 is 10.4 Å². The number of nitrogens with zero attached hydrogens (tertiary/aromatic N) is 3. The molecule has 45 heavy (non-hydrogen) atoms. The van der Waals surface area contributed by atoms with Gasteiger partial charge >= 0.3 is 0 Å². The number of aromatic nitrogens is 2. The average molecular weight is 808 g/mol. The molecule has 8 heteroatoms. The Morgan fingerprint density at radius 1 is 1.04 bits per heavy atom. The molecular weight excluding hydrogens is 762 g/mol. The Morgan fingerprint density at radius 3 is 2.29 bits per heavy atom. The van der Waals surface area contributed by atoms with E-state index in [1.807, 2.05) is 65.3 Å². The van der Waals surface area contributed by atoms with Gasteiger partial charge in [-0.25, -0.2) is 13.2 Å². The summed E-state index contributed by atoms with van der Waals surface area (Å²) in [5.74, 6) is 0.0600. The number of halogens is 1. The Balaban J connectivity index is 0.000000270. The molecule has 2 aromatic carbocycles. The zero-order valence-electron chi connectivity index (χ0n) is 27.9. The van der Waals surface area contributed by atoms with E-state index in [-0.39, 0.29) is 59.8 Å². The maximum Gasteiger partial charge on any atom is 0.164 e. The number of benzene rings is 2. The number of carbonyl (C=O) groups is 1. The van der Waals surface area contributed by atoms with Crippen LogP contribution in [0.4, 0.5) is 4.39 Å². The van der Waals surface area contributed by atoms with Crippen molar-refractivity contribution in [2.45, 2.75) is 99.5 Å². The summed E-state index contributed by atoms with van der Waals surface area (Å²) < 4.78 is 16.0. The molecule has 0 aliphatic carbocycles. The summed E-state index contributed by atoms with van der Waals surface area (Å²) in [6, 6.07) is 12.3. The van der Waals surface area contributed by atoms with Crippen LogP contribution in [0.15, 0.2) is 53.7 Å². The van der Waals surface area contributed by atoms with Crippen molar-refractivity contribution in [1.82, 2.24) is 8.77 Å². The van der Waals surface area contributed by atoms with Crippen LogP contribution in [0.5, 0.6) is 0 Å². The van der Waals surface area contributed by atoms with E-state index in [1.165, 1.54) is 12.1 Å². The normalized spacial score (nSPS) is 15.2. The van der Waals surface area contributed by atoms with Crippen LogP contribution in [0.25, 0.3) is 27.8 Å². The molecule has 1 radical (unpaired) electrons. The Labute approximate surface area is 285 Å². The van der Waals surface area contributed by atoms with Gasteiger partial charge in [0.1, 0.15) is 17.2 Å². The third kappa shape index (κ3) is 7.45. The maximum atomic E-state index is 13.9. The largest absolute Gasteiger partial charge is 0.681 e. The summed E-state index contributed by atoms with van der Waals surface area (Å²) >= 11 is 1.63. The van der Waals surface area contributed by atoms with E-state index in [0.29, 0.717) is 0 Å². The number of hydrogen-bond donors (Lipinski definition) is 1. The van der Waals surface area contributed by atoms with Crippen molar-refractivity contribution in [3.05, 3.63) is 93.5 Å². The third-order valence-electron chi connectivity index (χ3n) is 9.59. The van der Waals surface area contributed by atoms with E-state index < -0.39 is 0 Å². The second-order valence-corrected chi connectivity index (χ2v) is 14.2. The van der Waals surface area contributed by atoms with E-state index in [9.17, 15) is 14.3 Å². The van der Waals surface area contributed by atoms with Gasteiger partial charge in [-0.1, -0.05) is 98.1 Å². The second kappa shape index (κ2) is 14.3. The first-order chi connectivity index (χ1) is 20.7. The van der Waals surface area contributed by atoms with Crippen molar-refractivity contribution >= 4 is 39.8 Å². The Bertz CT molecular complexity index is 1700. The van der Waals surface area contributed by atoms with Crippen LogP contribution in [0, 0.1) is 22.7 Å². The number of aliphatic hydroxyl groups is 1. The van der Waals surface area contributed by atoms with Gasteiger partial charge in [0.15, 0.2) is 5.78 Å². The molecule has 1 atom stereocenters. The number of carbonyl (C=O) groups excluding carboxylic acids is 1. The molecule has 4 aromatic rings. The summed E-state index contributed by atoms with van der Waals surface area (Å²) in [7, 11) is 0. The molecule has 2 aromatic heterocycles. The number of fused-ring (bicyclic) bond motifs is 4.